The number of likely N-dealkylation sites (tertiary alicyclic amines) is 1. The minimum absolute atomic E-state index is 0.0348. The number of fused-ring (bicyclic) bond motifs is 1. The summed E-state index contributed by atoms with van der Waals surface area (Å²) in [6.07, 6.45) is 9.54. The Bertz CT molecular complexity index is 1440. The van der Waals surface area contributed by atoms with E-state index in [2.05, 4.69) is 25.6 Å². The van der Waals surface area contributed by atoms with Gasteiger partial charge in [-0.05, 0) is 50.1 Å². The summed E-state index contributed by atoms with van der Waals surface area (Å²) in [6, 6.07) is 10.6. The molecule has 5 rings (SSSR count). The fourth-order valence-electron chi connectivity index (χ4n) is 4.69. The van der Waals surface area contributed by atoms with Crippen LogP contribution in [0.5, 0.6) is 0 Å². The number of nitrogens with one attached hydrogen (secondary N) is 2. The number of benzene rings is 1. The minimum Gasteiger partial charge on any atom is -0.353 e. The van der Waals surface area contributed by atoms with E-state index in [1.165, 1.54) is 13.3 Å². The van der Waals surface area contributed by atoms with Gasteiger partial charge in [-0.15, -0.1) is 0 Å². The average Bonchev–Trinajstić information content (AvgIpc) is 3.54. The molecule has 0 unspecified atom stereocenters. The number of pyridine rings is 1. The Hall–Kier alpha value is -4.60. The highest BCUT2D eigenvalue weighted by molar-refractivity contribution is 6.08. The van der Waals surface area contributed by atoms with Crippen LogP contribution in [0.4, 0.5) is 11.4 Å². The van der Waals surface area contributed by atoms with Crippen molar-refractivity contribution in [2.24, 2.45) is 0 Å². The van der Waals surface area contributed by atoms with Gasteiger partial charge in [0.1, 0.15) is 18.9 Å². The maximum Gasteiger partial charge on any atom is 0.243 e. The number of nitrogens with zero attached hydrogens (tertiary/aromatic N) is 5. The zero-order valence-electron chi connectivity index (χ0n) is 20.4. The molecule has 1 saturated heterocycles. The number of amides is 2. The smallest absolute Gasteiger partial charge is 0.243 e. The van der Waals surface area contributed by atoms with Crippen molar-refractivity contribution >= 4 is 39.9 Å². The van der Waals surface area contributed by atoms with Crippen molar-refractivity contribution in [1.29, 1.82) is 0 Å². The van der Waals surface area contributed by atoms with E-state index in [9.17, 15) is 14.4 Å². The van der Waals surface area contributed by atoms with Crippen molar-refractivity contribution < 1.29 is 14.4 Å². The number of aromatic nitrogens is 4. The molecule has 1 aliphatic heterocycles. The summed E-state index contributed by atoms with van der Waals surface area (Å²) in [7, 11) is 0. The lowest BCUT2D eigenvalue weighted by Crippen LogP contribution is -2.46. The standard InChI is InChI=1S/C27H27N7O3/c1-18(35)23-15-33(24-8-7-19(11-22(23)24)32-21-12-28-17-29-13-21)16-26(36)34-10-4-6-25(34)27(37)31-14-20-5-2-3-9-30-20/h2-3,5,7-9,11-13,15,17,25,32H,4,6,10,14,16H2,1H3,(H,31,37)/t25-/m0/s1. The first-order valence-corrected chi connectivity index (χ1v) is 12.1. The number of hydrogen-bond donors (Lipinski definition) is 2. The van der Waals surface area contributed by atoms with E-state index in [0.717, 1.165) is 34.4 Å². The summed E-state index contributed by atoms with van der Waals surface area (Å²) in [6.45, 7) is 2.38. The lowest BCUT2D eigenvalue weighted by molar-refractivity contribution is -0.138. The van der Waals surface area contributed by atoms with Gasteiger partial charge in [0.15, 0.2) is 5.78 Å². The van der Waals surface area contributed by atoms with Crippen molar-refractivity contribution in [3.63, 3.8) is 0 Å². The number of anilines is 2. The fourth-order valence-corrected chi connectivity index (χ4v) is 4.69. The van der Waals surface area contributed by atoms with E-state index in [4.69, 9.17) is 0 Å². The van der Waals surface area contributed by atoms with Gasteiger partial charge in [0.05, 0.1) is 30.3 Å². The lowest BCUT2D eigenvalue weighted by Gasteiger charge is -2.24. The van der Waals surface area contributed by atoms with Gasteiger partial charge in [-0.2, -0.15) is 0 Å². The summed E-state index contributed by atoms with van der Waals surface area (Å²) in [5.41, 5.74) is 3.56. The van der Waals surface area contributed by atoms with Gasteiger partial charge < -0.3 is 20.1 Å². The SMILES string of the molecule is CC(=O)c1cn(CC(=O)N2CCC[C@H]2C(=O)NCc2ccccn2)c2ccc(Nc3cncnc3)cc12. The molecule has 2 N–H and O–H groups in total. The van der Waals surface area contributed by atoms with E-state index in [-0.39, 0.29) is 24.1 Å². The van der Waals surface area contributed by atoms with Crippen molar-refractivity contribution in [3.05, 3.63) is 78.8 Å². The molecule has 0 aliphatic carbocycles. The van der Waals surface area contributed by atoms with Gasteiger partial charge in [-0.3, -0.25) is 19.4 Å². The molecule has 4 aromatic rings. The third kappa shape index (κ3) is 5.32. The Balaban J connectivity index is 1.32. The normalized spacial score (nSPS) is 15.1. The van der Waals surface area contributed by atoms with Gasteiger partial charge in [0, 0.05) is 41.1 Å². The van der Waals surface area contributed by atoms with Gasteiger partial charge >= 0.3 is 0 Å². The Morgan fingerprint density at radius 1 is 1.08 bits per heavy atom. The number of hydrogen-bond acceptors (Lipinski definition) is 7. The number of carbonyl (C=O) groups is 3. The third-order valence-electron chi connectivity index (χ3n) is 6.46. The molecule has 4 heterocycles. The topological polar surface area (TPSA) is 122 Å². The Morgan fingerprint density at radius 3 is 2.68 bits per heavy atom. The van der Waals surface area contributed by atoms with Crippen molar-refractivity contribution in [1.82, 2.24) is 29.7 Å². The van der Waals surface area contributed by atoms with Crippen LogP contribution in [0.3, 0.4) is 0 Å². The second kappa shape index (κ2) is 10.6. The highest BCUT2D eigenvalue weighted by Gasteiger charge is 2.34. The van der Waals surface area contributed by atoms with E-state index >= 15 is 0 Å². The predicted octanol–water partition coefficient (Wildman–Crippen LogP) is 3.08. The molecule has 0 radical (unpaired) electrons. The first kappa shape index (κ1) is 24.1. The summed E-state index contributed by atoms with van der Waals surface area (Å²) in [5.74, 6) is -0.436. The molecule has 0 bridgehead atoms. The van der Waals surface area contributed by atoms with Crippen LogP contribution in [-0.4, -0.2) is 54.6 Å². The zero-order valence-corrected chi connectivity index (χ0v) is 20.4. The molecule has 1 atom stereocenters. The monoisotopic (exact) mass is 497 g/mol. The van der Waals surface area contributed by atoms with Gasteiger partial charge in [-0.1, -0.05) is 6.07 Å². The number of carbonyl (C=O) groups excluding carboxylic acids is 3. The number of rotatable bonds is 8. The second-order valence-corrected chi connectivity index (χ2v) is 8.99. The van der Waals surface area contributed by atoms with Crippen LogP contribution >= 0.6 is 0 Å². The average molecular weight is 498 g/mol. The molecule has 37 heavy (non-hydrogen) atoms. The van der Waals surface area contributed by atoms with E-state index in [1.54, 1.807) is 34.3 Å². The first-order valence-electron chi connectivity index (χ1n) is 12.1. The molecular weight excluding hydrogens is 470 g/mol. The number of Topliss-reactive ketones (excluding diaryl/α,β-unsaturated/α-hetero) is 1. The maximum atomic E-state index is 13.3. The van der Waals surface area contributed by atoms with Crippen molar-refractivity contribution in [2.45, 2.75) is 38.9 Å². The van der Waals surface area contributed by atoms with Gasteiger partial charge in [-0.25, -0.2) is 9.97 Å². The van der Waals surface area contributed by atoms with Crippen molar-refractivity contribution in [3.8, 4) is 0 Å². The minimum atomic E-state index is -0.519. The van der Waals surface area contributed by atoms with Gasteiger partial charge in [0.25, 0.3) is 0 Å². The van der Waals surface area contributed by atoms with Crippen LogP contribution < -0.4 is 10.6 Å². The fraction of sp³-hybridized carbons (Fsp3) is 0.259. The third-order valence-corrected chi connectivity index (χ3v) is 6.46. The summed E-state index contributed by atoms with van der Waals surface area (Å²) in [5, 5.41) is 6.87. The Kier molecular flexibility index (Phi) is 6.89. The van der Waals surface area contributed by atoms with E-state index < -0.39 is 6.04 Å². The first-order chi connectivity index (χ1) is 18.0. The molecule has 10 heteroatoms. The maximum absolute atomic E-state index is 13.3. The van der Waals surface area contributed by atoms with Crippen LogP contribution in [0.2, 0.25) is 0 Å². The lowest BCUT2D eigenvalue weighted by atomic mass is 10.1. The summed E-state index contributed by atoms with van der Waals surface area (Å²) < 4.78 is 1.78. The summed E-state index contributed by atoms with van der Waals surface area (Å²) >= 11 is 0. The zero-order chi connectivity index (χ0) is 25.8. The molecule has 0 spiro atoms. The second-order valence-electron chi connectivity index (χ2n) is 8.99. The van der Waals surface area contributed by atoms with Crippen LogP contribution in [0.1, 0.15) is 35.8 Å². The molecular formula is C27H27N7O3. The molecule has 1 aliphatic rings. The van der Waals surface area contributed by atoms with Crippen molar-refractivity contribution in [2.75, 3.05) is 11.9 Å². The Morgan fingerprint density at radius 2 is 1.92 bits per heavy atom. The highest BCUT2D eigenvalue weighted by atomic mass is 16.2. The molecule has 2 amide bonds. The molecule has 1 aromatic carbocycles. The highest BCUT2D eigenvalue weighted by Crippen LogP contribution is 2.28. The molecule has 1 fully saturated rings. The van der Waals surface area contributed by atoms with E-state index in [1.807, 2.05) is 36.4 Å². The van der Waals surface area contributed by atoms with Crippen LogP contribution in [0.15, 0.2) is 67.5 Å². The van der Waals surface area contributed by atoms with Crippen LogP contribution in [0, 0.1) is 0 Å². The summed E-state index contributed by atoms with van der Waals surface area (Å²) in [4.78, 5) is 52.5. The Labute approximate surface area is 213 Å². The predicted molar refractivity (Wildman–Crippen MR) is 138 cm³/mol. The molecule has 10 nitrogen and oxygen atoms in total. The molecule has 0 saturated carbocycles. The van der Waals surface area contributed by atoms with Gasteiger partial charge in [0.2, 0.25) is 11.8 Å². The quantitative estimate of drug-likeness (QED) is 0.359. The van der Waals surface area contributed by atoms with Crippen LogP contribution in [-0.2, 0) is 22.7 Å². The molecule has 3 aromatic heterocycles. The largest absolute Gasteiger partial charge is 0.353 e. The molecule has 188 valence electrons. The van der Waals surface area contributed by atoms with Crippen LogP contribution in [0.25, 0.3) is 10.9 Å². The van der Waals surface area contributed by atoms with E-state index in [0.29, 0.717) is 25.1 Å². The number of ketones is 1.